The Kier molecular flexibility index (Phi) is 1.31. The van der Waals surface area contributed by atoms with E-state index in [2.05, 4.69) is 6.08 Å². The van der Waals surface area contributed by atoms with Gasteiger partial charge in [0, 0.05) is 5.92 Å². The van der Waals surface area contributed by atoms with Crippen molar-refractivity contribution in [3.8, 4) is 0 Å². The summed E-state index contributed by atoms with van der Waals surface area (Å²) in [6, 6.07) is 0. The fourth-order valence-corrected chi connectivity index (χ4v) is 2.40. The summed E-state index contributed by atoms with van der Waals surface area (Å²) in [6.45, 7) is 0. The number of hydrogen-bond acceptors (Lipinski definition) is 1. The first-order chi connectivity index (χ1) is 5.13. The first-order valence-electron chi connectivity index (χ1n) is 3.73. The van der Waals surface area contributed by atoms with Crippen LogP contribution in [0.5, 0.6) is 0 Å². The second-order valence-corrected chi connectivity index (χ2v) is 4.03. The Bertz CT molecular complexity index is 236. The van der Waals surface area contributed by atoms with Crippen LogP contribution in [0.1, 0.15) is 12.8 Å². The smallest absolute Gasteiger partial charge is 0.325 e. The molecule has 2 rings (SSSR count). The molecule has 11 heavy (non-hydrogen) atoms. The van der Waals surface area contributed by atoms with E-state index in [-0.39, 0.29) is 5.92 Å². The molecule has 0 radical (unpaired) electrons. The van der Waals surface area contributed by atoms with Crippen LogP contribution in [0.3, 0.4) is 0 Å². The Morgan fingerprint density at radius 2 is 2.36 bits per heavy atom. The standard InChI is InChI=1S/C8H9ClO2/c9-8(7(10)11)4-5-1-2-6(8)3-5/h1-2,5-6H,3-4H2,(H,10,11)/t5-,6+,8?/m1/s1. The third-order valence-electron chi connectivity index (χ3n) is 2.67. The maximum atomic E-state index is 10.7. The lowest BCUT2D eigenvalue weighted by molar-refractivity contribution is -0.140. The summed E-state index contributed by atoms with van der Waals surface area (Å²) >= 11 is 5.95. The molecule has 0 heterocycles. The Labute approximate surface area is 69.9 Å². The van der Waals surface area contributed by atoms with Crippen molar-refractivity contribution < 1.29 is 9.90 Å². The number of rotatable bonds is 1. The second-order valence-electron chi connectivity index (χ2n) is 3.36. The number of halogens is 1. The highest BCUT2D eigenvalue weighted by Crippen LogP contribution is 2.50. The monoisotopic (exact) mass is 172 g/mol. The van der Waals surface area contributed by atoms with E-state index < -0.39 is 10.8 Å². The normalized spacial score (nSPS) is 46.6. The maximum absolute atomic E-state index is 10.7. The quantitative estimate of drug-likeness (QED) is 0.482. The Balaban J connectivity index is 2.30. The van der Waals surface area contributed by atoms with Gasteiger partial charge in [0.1, 0.15) is 4.87 Å². The molecule has 2 aliphatic carbocycles. The molecule has 0 spiro atoms. The van der Waals surface area contributed by atoms with Crippen molar-refractivity contribution in [1.82, 2.24) is 0 Å². The molecule has 1 saturated carbocycles. The third-order valence-corrected chi connectivity index (χ3v) is 3.27. The fourth-order valence-electron chi connectivity index (χ4n) is 2.04. The van der Waals surface area contributed by atoms with E-state index >= 15 is 0 Å². The number of carboxylic acids is 1. The average Bonchev–Trinajstić information content (AvgIpc) is 2.45. The van der Waals surface area contributed by atoms with Gasteiger partial charge in [-0.1, -0.05) is 12.2 Å². The van der Waals surface area contributed by atoms with Crippen LogP contribution >= 0.6 is 11.6 Å². The minimum Gasteiger partial charge on any atom is -0.480 e. The molecule has 2 aliphatic rings. The van der Waals surface area contributed by atoms with Gasteiger partial charge in [-0.15, -0.1) is 11.6 Å². The van der Waals surface area contributed by atoms with E-state index in [1.165, 1.54) is 0 Å². The van der Waals surface area contributed by atoms with Gasteiger partial charge in [-0.05, 0) is 18.8 Å². The van der Waals surface area contributed by atoms with Gasteiger partial charge in [0.25, 0.3) is 0 Å². The number of carbonyl (C=O) groups is 1. The lowest BCUT2D eigenvalue weighted by atomic mass is 9.93. The van der Waals surface area contributed by atoms with Gasteiger partial charge < -0.3 is 5.11 Å². The Morgan fingerprint density at radius 3 is 2.64 bits per heavy atom. The van der Waals surface area contributed by atoms with E-state index in [4.69, 9.17) is 16.7 Å². The zero-order valence-corrected chi connectivity index (χ0v) is 6.71. The van der Waals surface area contributed by atoms with Crippen LogP contribution in [-0.2, 0) is 4.79 Å². The summed E-state index contributed by atoms with van der Waals surface area (Å²) in [5.41, 5.74) is 0. The van der Waals surface area contributed by atoms with E-state index in [0.29, 0.717) is 12.3 Å². The number of hydrogen-bond donors (Lipinski definition) is 1. The van der Waals surface area contributed by atoms with Gasteiger partial charge >= 0.3 is 5.97 Å². The third kappa shape index (κ3) is 0.822. The molecular formula is C8H9ClO2. The first kappa shape index (κ1) is 7.17. The van der Waals surface area contributed by atoms with Crippen LogP contribution in [0.4, 0.5) is 0 Å². The van der Waals surface area contributed by atoms with Crippen LogP contribution < -0.4 is 0 Å². The molecule has 2 nitrogen and oxygen atoms in total. The molecule has 0 aromatic carbocycles. The highest BCUT2D eigenvalue weighted by atomic mass is 35.5. The molecule has 3 atom stereocenters. The van der Waals surface area contributed by atoms with Gasteiger partial charge in [-0.25, -0.2) is 0 Å². The minimum atomic E-state index is -0.987. The summed E-state index contributed by atoms with van der Waals surface area (Å²) in [5.74, 6) is -0.392. The Hall–Kier alpha value is -0.500. The van der Waals surface area contributed by atoms with E-state index in [1.807, 2.05) is 6.08 Å². The molecular weight excluding hydrogens is 164 g/mol. The number of fused-ring (bicyclic) bond motifs is 2. The van der Waals surface area contributed by atoms with E-state index in [1.54, 1.807) is 0 Å². The van der Waals surface area contributed by atoms with Crippen molar-refractivity contribution in [2.24, 2.45) is 11.8 Å². The molecule has 1 fully saturated rings. The van der Waals surface area contributed by atoms with Gasteiger partial charge in [0.2, 0.25) is 0 Å². The summed E-state index contributed by atoms with van der Waals surface area (Å²) in [6.07, 6.45) is 5.55. The topological polar surface area (TPSA) is 37.3 Å². The summed E-state index contributed by atoms with van der Waals surface area (Å²) < 4.78 is 0. The van der Waals surface area contributed by atoms with Crippen LogP contribution in [0.15, 0.2) is 12.2 Å². The molecule has 0 aromatic heterocycles. The summed E-state index contributed by atoms with van der Waals surface area (Å²) in [7, 11) is 0. The maximum Gasteiger partial charge on any atom is 0.325 e. The van der Waals surface area contributed by atoms with Gasteiger partial charge in [-0.3, -0.25) is 4.79 Å². The first-order valence-corrected chi connectivity index (χ1v) is 4.11. The largest absolute Gasteiger partial charge is 0.480 e. The highest BCUT2D eigenvalue weighted by Gasteiger charge is 2.52. The van der Waals surface area contributed by atoms with Crippen LogP contribution in [-0.4, -0.2) is 16.0 Å². The molecule has 0 amide bonds. The van der Waals surface area contributed by atoms with Gasteiger partial charge in [0.15, 0.2) is 0 Å². The summed E-state index contributed by atoms with van der Waals surface area (Å²) in [5, 5.41) is 8.83. The fraction of sp³-hybridized carbons (Fsp3) is 0.625. The molecule has 1 unspecified atom stereocenters. The SMILES string of the molecule is O=C(O)C1(Cl)C[C@@H]2C=C[C@H]1C2. The number of aliphatic carboxylic acids is 1. The molecule has 0 aliphatic heterocycles. The van der Waals surface area contributed by atoms with Crippen LogP contribution in [0.25, 0.3) is 0 Å². The predicted molar refractivity (Wildman–Crippen MR) is 41.6 cm³/mol. The van der Waals surface area contributed by atoms with Gasteiger partial charge in [-0.2, -0.15) is 0 Å². The van der Waals surface area contributed by atoms with Crippen molar-refractivity contribution in [3.05, 3.63) is 12.2 Å². The van der Waals surface area contributed by atoms with E-state index in [0.717, 1.165) is 6.42 Å². The lowest BCUT2D eigenvalue weighted by Crippen LogP contribution is -2.36. The van der Waals surface area contributed by atoms with Crippen molar-refractivity contribution in [1.29, 1.82) is 0 Å². The molecule has 0 aromatic rings. The lowest BCUT2D eigenvalue weighted by Gasteiger charge is -2.22. The predicted octanol–water partition coefficient (Wildman–Crippen LogP) is 1.64. The molecule has 3 heteroatoms. The minimum absolute atomic E-state index is 0.0617. The summed E-state index contributed by atoms with van der Waals surface area (Å²) in [4.78, 5) is 9.76. The molecule has 0 saturated heterocycles. The number of alkyl halides is 1. The zero-order valence-electron chi connectivity index (χ0n) is 5.96. The average molecular weight is 173 g/mol. The molecule has 1 N–H and O–H groups in total. The van der Waals surface area contributed by atoms with Crippen molar-refractivity contribution >= 4 is 17.6 Å². The van der Waals surface area contributed by atoms with Crippen molar-refractivity contribution in [2.45, 2.75) is 17.7 Å². The van der Waals surface area contributed by atoms with Crippen LogP contribution in [0, 0.1) is 11.8 Å². The number of allylic oxidation sites excluding steroid dienone is 2. The van der Waals surface area contributed by atoms with Crippen LogP contribution in [0.2, 0.25) is 0 Å². The van der Waals surface area contributed by atoms with Crippen molar-refractivity contribution in [3.63, 3.8) is 0 Å². The van der Waals surface area contributed by atoms with Crippen molar-refractivity contribution in [2.75, 3.05) is 0 Å². The van der Waals surface area contributed by atoms with E-state index in [9.17, 15) is 4.79 Å². The zero-order chi connectivity index (χ0) is 8.06. The molecule has 60 valence electrons. The highest BCUT2D eigenvalue weighted by molar-refractivity contribution is 6.34. The number of carboxylic acid groups (broad SMARTS) is 1. The molecule has 2 bridgehead atoms. The van der Waals surface area contributed by atoms with Gasteiger partial charge in [0.05, 0.1) is 0 Å². The second kappa shape index (κ2) is 2.01. The Morgan fingerprint density at radius 1 is 1.64 bits per heavy atom.